The van der Waals surface area contributed by atoms with Gasteiger partial charge >= 0.3 is 5.97 Å². The molecule has 0 atom stereocenters. The molecule has 1 N–H and O–H groups in total. The summed E-state index contributed by atoms with van der Waals surface area (Å²) in [6.07, 6.45) is 20.1. The molecule has 0 spiro atoms. The minimum absolute atomic E-state index is 0.306. The van der Waals surface area contributed by atoms with Crippen molar-refractivity contribution >= 4 is 5.97 Å². The van der Waals surface area contributed by atoms with Gasteiger partial charge in [0.05, 0.1) is 0 Å². The van der Waals surface area contributed by atoms with E-state index in [0.29, 0.717) is 6.42 Å². The van der Waals surface area contributed by atoms with Gasteiger partial charge in [0.15, 0.2) is 0 Å². The van der Waals surface area contributed by atoms with E-state index in [0.717, 1.165) is 38.5 Å². The van der Waals surface area contributed by atoms with Crippen molar-refractivity contribution in [2.24, 2.45) is 0 Å². The fourth-order valence-corrected chi connectivity index (χ4v) is 1.91. The third-order valence-corrected chi connectivity index (χ3v) is 3.12. The molecule has 0 unspecified atom stereocenters. The number of carboxylic acids is 1. The van der Waals surface area contributed by atoms with Crippen LogP contribution in [-0.2, 0) is 4.79 Å². The third kappa shape index (κ3) is 16.7. The summed E-state index contributed by atoms with van der Waals surface area (Å²) in [5.41, 5.74) is 3.20. The van der Waals surface area contributed by atoms with Gasteiger partial charge in [0.25, 0.3) is 0 Å². The van der Waals surface area contributed by atoms with Crippen LogP contribution < -0.4 is 0 Å². The van der Waals surface area contributed by atoms with Gasteiger partial charge in [-0.25, -0.2) is 0 Å². The van der Waals surface area contributed by atoms with E-state index in [1.165, 1.54) is 25.7 Å². The fraction of sp³-hybridized carbons (Fsp3) is 0.667. The number of carbonyl (C=O) groups is 1. The molecule has 0 fully saturated rings. The molecule has 0 heterocycles. The SMILES string of the molecule is CCCCCC=CCC=C=CCCCCCCC(=O)O. The molecule has 0 saturated carbocycles. The van der Waals surface area contributed by atoms with E-state index >= 15 is 0 Å². The highest BCUT2D eigenvalue weighted by Crippen LogP contribution is 2.05. The maximum absolute atomic E-state index is 10.3. The normalized spacial score (nSPS) is 10.4. The zero-order chi connectivity index (χ0) is 14.9. The molecule has 0 aromatic rings. The van der Waals surface area contributed by atoms with E-state index in [-0.39, 0.29) is 0 Å². The lowest BCUT2D eigenvalue weighted by atomic mass is 10.1. The van der Waals surface area contributed by atoms with Crippen molar-refractivity contribution in [1.29, 1.82) is 0 Å². The Labute approximate surface area is 124 Å². The number of carboxylic acid groups (broad SMARTS) is 1. The molecule has 0 aromatic carbocycles. The van der Waals surface area contributed by atoms with Gasteiger partial charge in [-0.05, 0) is 50.7 Å². The van der Waals surface area contributed by atoms with Crippen molar-refractivity contribution in [3.8, 4) is 0 Å². The van der Waals surface area contributed by atoms with Crippen LogP contribution in [0.4, 0.5) is 0 Å². The molecule has 0 bridgehead atoms. The van der Waals surface area contributed by atoms with Gasteiger partial charge in [-0.2, -0.15) is 0 Å². The van der Waals surface area contributed by atoms with E-state index < -0.39 is 5.97 Å². The lowest BCUT2D eigenvalue weighted by Gasteiger charge is -1.95. The van der Waals surface area contributed by atoms with Crippen molar-refractivity contribution < 1.29 is 9.90 Å². The average molecular weight is 278 g/mol. The first-order valence-electron chi connectivity index (χ1n) is 8.03. The monoisotopic (exact) mass is 278 g/mol. The predicted octanol–water partition coefficient (Wildman–Crippen LogP) is 5.65. The van der Waals surface area contributed by atoms with Crippen molar-refractivity contribution in [3.63, 3.8) is 0 Å². The number of rotatable bonds is 13. The van der Waals surface area contributed by atoms with Gasteiger partial charge < -0.3 is 5.11 Å². The molecular formula is C18H30O2. The van der Waals surface area contributed by atoms with Crippen LogP contribution in [0.2, 0.25) is 0 Å². The van der Waals surface area contributed by atoms with Gasteiger partial charge in [0.2, 0.25) is 0 Å². The highest BCUT2D eigenvalue weighted by Gasteiger charge is 1.95. The van der Waals surface area contributed by atoms with Gasteiger partial charge in [0, 0.05) is 6.42 Å². The zero-order valence-corrected chi connectivity index (χ0v) is 12.9. The number of hydrogen-bond acceptors (Lipinski definition) is 1. The smallest absolute Gasteiger partial charge is 0.303 e. The van der Waals surface area contributed by atoms with Gasteiger partial charge in [-0.3, -0.25) is 4.79 Å². The molecule has 2 nitrogen and oxygen atoms in total. The summed E-state index contributed by atoms with van der Waals surface area (Å²) in [6, 6.07) is 0. The molecule has 0 aliphatic rings. The minimum Gasteiger partial charge on any atom is -0.481 e. The zero-order valence-electron chi connectivity index (χ0n) is 12.9. The number of hydrogen-bond donors (Lipinski definition) is 1. The van der Waals surface area contributed by atoms with Crippen molar-refractivity contribution in [3.05, 3.63) is 30.0 Å². The molecule has 0 aliphatic heterocycles. The molecule has 0 amide bonds. The lowest BCUT2D eigenvalue weighted by Crippen LogP contribution is -1.93. The van der Waals surface area contributed by atoms with Crippen molar-refractivity contribution in [2.45, 2.75) is 77.6 Å². The second-order valence-electron chi connectivity index (χ2n) is 5.12. The Balaban J connectivity index is 3.33. The van der Waals surface area contributed by atoms with Gasteiger partial charge in [-0.15, -0.1) is 5.73 Å². The Morgan fingerprint density at radius 1 is 0.950 bits per heavy atom. The average Bonchev–Trinajstić information content (AvgIpc) is 2.43. The van der Waals surface area contributed by atoms with Crippen molar-refractivity contribution in [1.82, 2.24) is 0 Å². The Kier molecular flexibility index (Phi) is 14.8. The number of aliphatic carboxylic acids is 1. The fourth-order valence-electron chi connectivity index (χ4n) is 1.91. The van der Waals surface area contributed by atoms with E-state index in [4.69, 9.17) is 5.11 Å². The van der Waals surface area contributed by atoms with Crippen LogP contribution in [0.15, 0.2) is 30.0 Å². The summed E-state index contributed by atoms with van der Waals surface area (Å²) in [5.74, 6) is -0.685. The highest BCUT2D eigenvalue weighted by molar-refractivity contribution is 5.66. The number of unbranched alkanes of at least 4 members (excludes halogenated alkanes) is 7. The molecular weight excluding hydrogens is 248 g/mol. The summed E-state index contributed by atoms with van der Waals surface area (Å²) in [4.78, 5) is 10.3. The van der Waals surface area contributed by atoms with Gasteiger partial charge in [0.1, 0.15) is 0 Å². The van der Waals surface area contributed by atoms with Crippen LogP contribution in [0.25, 0.3) is 0 Å². The molecule has 0 aliphatic carbocycles. The maximum Gasteiger partial charge on any atom is 0.303 e. The summed E-state index contributed by atoms with van der Waals surface area (Å²) >= 11 is 0. The minimum atomic E-state index is -0.685. The number of allylic oxidation sites excluding steroid dienone is 3. The lowest BCUT2D eigenvalue weighted by molar-refractivity contribution is -0.137. The molecule has 0 saturated heterocycles. The highest BCUT2D eigenvalue weighted by atomic mass is 16.4. The van der Waals surface area contributed by atoms with E-state index in [2.05, 4.69) is 37.0 Å². The maximum atomic E-state index is 10.3. The second kappa shape index (κ2) is 15.8. The first-order chi connectivity index (χ1) is 9.77. The second-order valence-corrected chi connectivity index (χ2v) is 5.12. The van der Waals surface area contributed by atoms with Crippen LogP contribution >= 0.6 is 0 Å². The van der Waals surface area contributed by atoms with E-state index in [1.807, 2.05) is 0 Å². The first-order valence-corrected chi connectivity index (χ1v) is 8.03. The topological polar surface area (TPSA) is 37.3 Å². The summed E-state index contributed by atoms with van der Waals surface area (Å²) in [7, 11) is 0. The third-order valence-electron chi connectivity index (χ3n) is 3.12. The quantitative estimate of drug-likeness (QED) is 0.268. The van der Waals surface area contributed by atoms with E-state index in [9.17, 15) is 4.79 Å². The predicted molar refractivity (Wildman–Crippen MR) is 85.9 cm³/mol. The Bertz CT molecular complexity index is 309. The molecule has 0 radical (unpaired) electrons. The molecule has 0 rings (SSSR count). The van der Waals surface area contributed by atoms with E-state index in [1.54, 1.807) is 0 Å². The Morgan fingerprint density at radius 3 is 2.45 bits per heavy atom. The van der Waals surface area contributed by atoms with Crippen LogP contribution in [0.5, 0.6) is 0 Å². The van der Waals surface area contributed by atoms with Crippen LogP contribution in [0.3, 0.4) is 0 Å². The first kappa shape index (κ1) is 18.7. The van der Waals surface area contributed by atoms with Crippen LogP contribution in [0, 0.1) is 0 Å². The molecule has 20 heavy (non-hydrogen) atoms. The van der Waals surface area contributed by atoms with Crippen LogP contribution in [0.1, 0.15) is 77.6 Å². The largest absolute Gasteiger partial charge is 0.481 e. The standard InChI is InChI=1S/C18H30O2/c1-2-3-4-5-6-7-8-9-10-11-12-13-14-15-16-17-18(19)20/h6-7,9,11H,2-5,8,12-17H2,1H3,(H,19,20). The summed E-state index contributed by atoms with van der Waals surface area (Å²) in [5, 5.41) is 8.49. The van der Waals surface area contributed by atoms with Crippen LogP contribution in [-0.4, -0.2) is 11.1 Å². The molecule has 0 aromatic heterocycles. The summed E-state index contributed by atoms with van der Waals surface area (Å²) < 4.78 is 0. The Morgan fingerprint density at radius 2 is 1.70 bits per heavy atom. The Hall–Kier alpha value is -1.27. The summed E-state index contributed by atoms with van der Waals surface area (Å²) in [6.45, 7) is 2.23. The van der Waals surface area contributed by atoms with Gasteiger partial charge in [-0.1, -0.05) is 44.8 Å². The molecule has 114 valence electrons. The van der Waals surface area contributed by atoms with Crippen molar-refractivity contribution in [2.75, 3.05) is 0 Å². The molecule has 2 heteroatoms.